The van der Waals surface area contributed by atoms with Crippen LogP contribution in [0.5, 0.6) is 0 Å². The lowest BCUT2D eigenvalue weighted by Crippen LogP contribution is -2.15. The topological polar surface area (TPSA) is 64.8 Å². The van der Waals surface area contributed by atoms with E-state index in [1.54, 1.807) is 30.3 Å². The summed E-state index contributed by atoms with van der Waals surface area (Å²) in [5, 5.41) is 8.05. The summed E-state index contributed by atoms with van der Waals surface area (Å²) in [6.45, 7) is 0. The fraction of sp³-hybridized carbons (Fsp3) is 0. The Hall–Kier alpha value is -0.960. The maximum Gasteiger partial charge on any atom is 0.286 e. The smallest absolute Gasteiger partial charge is 0.199 e. The fourth-order valence-corrected chi connectivity index (χ4v) is 4.94. The Kier molecular flexibility index (Phi) is 3.81. The van der Waals surface area contributed by atoms with Crippen molar-refractivity contribution in [3.8, 4) is 0 Å². The zero-order chi connectivity index (χ0) is 15.2. The van der Waals surface area contributed by atoms with Crippen LogP contribution in [0, 0.1) is 0 Å². The molecule has 0 radical (unpaired) electrons. The number of rotatable bonds is 2. The van der Waals surface area contributed by atoms with E-state index in [0.29, 0.717) is 20.5 Å². The van der Waals surface area contributed by atoms with Crippen LogP contribution >= 0.6 is 43.5 Å². The Morgan fingerprint density at radius 3 is 2.57 bits per heavy atom. The van der Waals surface area contributed by atoms with Gasteiger partial charge in [-0.2, -0.15) is 8.42 Å². The molecule has 21 heavy (non-hydrogen) atoms. The van der Waals surface area contributed by atoms with Crippen LogP contribution in [0.4, 0.5) is 0 Å². The lowest BCUT2D eigenvalue weighted by molar-refractivity contribution is 0.579. The van der Waals surface area contributed by atoms with Gasteiger partial charge in [0.1, 0.15) is 15.9 Å². The van der Waals surface area contributed by atoms with Crippen LogP contribution in [0.15, 0.2) is 50.2 Å². The van der Waals surface area contributed by atoms with Gasteiger partial charge in [-0.3, -0.25) is 0 Å². The molecule has 0 unspecified atom stereocenters. The lowest BCUT2D eigenvalue weighted by Gasteiger charge is -2.07. The van der Waals surface area contributed by atoms with E-state index in [2.05, 4.69) is 42.2 Å². The van der Waals surface area contributed by atoms with Crippen molar-refractivity contribution in [1.29, 1.82) is 0 Å². The number of hydrogen-bond donors (Lipinski definition) is 0. The van der Waals surface area contributed by atoms with Gasteiger partial charge >= 0.3 is 0 Å². The molecule has 2 aromatic carbocycles. The van der Waals surface area contributed by atoms with Crippen LogP contribution in [0.2, 0.25) is 5.02 Å². The van der Waals surface area contributed by atoms with Crippen molar-refractivity contribution in [1.82, 2.24) is 14.4 Å². The molecule has 9 heteroatoms. The summed E-state index contributed by atoms with van der Waals surface area (Å²) >= 11 is 12.4. The van der Waals surface area contributed by atoms with Gasteiger partial charge in [-0.1, -0.05) is 32.7 Å². The molecule has 1 heterocycles. The molecule has 0 aliphatic rings. The van der Waals surface area contributed by atoms with Gasteiger partial charge in [-0.05, 0) is 52.3 Å². The van der Waals surface area contributed by atoms with E-state index in [0.717, 1.165) is 8.56 Å². The van der Waals surface area contributed by atoms with E-state index in [1.165, 1.54) is 6.07 Å². The highest BCUT2D eigenvalue weighted by Gasteiger charge is 2.24. The predicted molar refractivity (Wildman–Crippen MR) is 87.0 cm³/mol. The molecule has 5 nitrogen and oxygen atoms in total. The highest BCUT2D eigenvalue weighted by molar-refractivity contribution is 9.11. The number of nitrogens with zero attached hydrogens (tertiary/aromatic N) is 3. The third kappa shape index (κ3) is 2.61. The summed E-state index contributed by atoms with van der Waals surface area (Å²) < 4.78 is 27.5. The molecule has 0 amide bonds. The van der Waals surface area contributed by atoms with Crippen LogP contribution < -0.4 is 0 Å². The molecule has 108 valence electrons. The average molecular weight is 452 g/mol. The van der Waals surface area contributed by atoms with E-state index in [4.69, 9.17) is 11.6 Å². The van der Waals surface area contributed by atoms with E-state index in [9.17, 15) is 8.42 Å². The van der Waals surface area contributed by atoms with Crippen LogP contribution in [0.1, 0.15) is 0 Å². The van der Waals surface area contributed by atoms with Gasteiger partial charge in [0.15, 0.2) is 0 Å². The molecule has 0 saturated carbocycles. The summed E-state index contributed by atoms with van der Waals surface area (Å²) in [5.41, 5.74) is 0.786. The molecule has 0 atom stereocenters. The zero-order valence-electron chi connectivity index (χ0n) is 10.2. The van der Waals surface area contributed by atoms with Crippen LogP contribution in [0.3, 0.4) is 0 Å². The van der Waals surface area contributed by atoms with Crippen molar-refractivity contribution >= 4 is 64.5 Å². The van der Waals surface area contributed by atoms with Crippen molar-refractivity contribution in [2.75, 3.05) is 0 Å². The first kappa shape index (κ1) is 15.0. The van der Waals surface area contributed by atoms with Gasteiger partial charge in [-0.25, -0.2) is 0 Å². The second-order valence-electron chi connectivity index (χ2n) is 4.15. The second kappa shape index (κ2) is 5.35. The molecule has 0 fully saturated rings. The normalized spacial score (nSPS) is 12.0. The van der Waals surface area contributed by atoms with Crippen molar-refractivity contribution in [3.63, 3.8) is 0 Å². The Labute approximate surface area is 142 Å². The minimum absolute atomic E-state index is 0.104. The molecule has 1 aromatic heterocycles. The largest absolute Gasteiger partial charge is 0.286 e. The van der Waals surface area contributed by atoms with Crippen molar-refractivity contribution in [2.45, 2.75) is 4.90 Å². The Balaban J connectivity index is 2.25. The van der Waals surface area contributed by atoms with Crippen molar-refractivity contribution < 1.29 is 8.42 Å². The Morgan fingerprint density at radius 2 is 1.86 bits per heavy atom. The molecule has 3 rings (SSSR count). The molecule has 0 aliphatic carbocycles. The molecule has 0 saturated heterocycles. The average Bonchev–Trinajstić information content (AvgIpc) is 2.81. The fourth-order valence-electron chi connectivity index (χ4n) is 1.83. The van der Waals surface area contributed by atoms with Crippen LogP contribution in [-0.4, -0.2) is 22.8 Å². The monoisotopic (exact) mass is 449 g/mol. The number of fused-ring (bicyclic) bond motifs is 1. The zero-order valence-corrected chi connectivity index (χ0v) is 14.9. The highest BCUT2D eigenvalue weighted by Crippen LogP contribution is 2.28. The maximum absolute atomic E-state index is 12.7. The third-order valence-electron chi connectivity index (χ3n) is 2.78. The SMILES string of the molecule is O=S(=O)(c1ccc(Br)cc1Br)n1nnc2cc(Cl)ccc21. The van der Waals surface area contributed by atoms with Crippen molar-refractivity contribution in [3.05, 3.63) is 50.4 Å². The summed E-state index contributed by atoms with van der Waals surface area (Å²) in [4.78, 5) is 0.104. The van der Waals surface area contributed by atoms with Gasteiger partial charge in [0.05, 0.1) is 0 Å². The van der Waals surface area contributed by atoms with Gasteiger partial charge in [-0.15, -0.1) is 9.19 Å². The van der Waals surface area contributed by atoms with E-state index in [1.807, 2.05) is 0 Å². The Morgan fingerprint density at radius 1 is 1.10 bits per heavy atom. The van der Waals surface area contributed by atoms with Gasteiger partial charge in [0.2, 0.25) is 0 Å². The second-order valence-corrected chi connectivity index (χ2v) is 8.09. The molecule has 0 aliphatic heterocycles. The summed E-state index contributed by atoms with van der Waals surface area (Å²) in [6, 6.07) is 9.52. The Bertz CT molecular complexity index is 956. The molecule has 3 aromatic rings. The lowest BCUT2D eigenvalue weighted by atomic mass is 10.3. The first-order valence-electron chi connectivity index (χ1n) is 5.61. The number of benzene rings is 2. The van der Waals surface area contributed by atoms with Gasteiger partial charge < -0.3 is 0 Å². The molecule has 0 bridgehead atoms. The van der Waals surface area contributed by atoms with Crippen LogP contribution in [0.25, 0.3) is 11.0 Å². The molecular weight excluding hydrogens is 445 g/mol. The predicted octanol–water partition coefficient (Wildman–Crippen LogP) is 3.85. The molecule has 0 spiro atoms. The minimum Gasteiger partial charge on any atom is -0.199 e. The number of hydrogen-bond acceptors (Lipinski definition) is 4. The molecule has 0 N–H and O–H groups in total. The summed E-state index contributed by atoms with van der Waals surface area (Å²) in [7, 11) is -3.85. The van der Waals surface area contributed by atoms with E-state index < -0.39 is 10.0 Å². The summed E-state index contributed by atoms with van der Waals surface area (Å²) in [6.07, 6.45) is 0. The highest BCUT2D eigenvalue weighted by atomic mass is 79.9. The standard InChI is InChI=1S/C12H6Br2ClN3O2S/c13-7-1-4-12(9(14)5-7)21(19,20)18-11-3-2-8(15)6-10(11)16-17-18/h1-6H. The van der Waals surface area contributed by atoms with Crippen molar-refractivity contribution in [2.24, 2.45) is 0 Å². The third-order valence-corrected chi connectivity index (χ3v) is 6.06. The summed E-state index contributed by atoms with van der Waals surface area (Å²) in [5.74, 6) is 0. The minimum atomic E-state index is -3.85. The number of halogens is 3. The van der Waals surface area contributed by atoms with Crippen LogP contribution in [-0.2, 0) is 10.0 Å². The van der Waals surface area contributed by atoms with Gasteiger partial charge in [0, 0.05) is 14.0 Å². The quantitative estimate of drug-likeness (QED) is 0.594. The first-order chi connectivity index (χ1) is 9.89. The maximum atomic E-state index is 12.7. The van der Waals surface area contributed by atoms with E-state index in [-0.39, 0.29) is 4.90 Å². The number of aromatic nitrogens is 3. The first-order valence-corrected chi connectivity index (χ1v) is 9.01. The van der Waals surface area contributed by atoms with E-state index >= 15 is 0 Å². The van der Waals surface area contributed by atoms with Gasteiger partial charge in [0.25, 0.3) is 10.0 Å². The molecular formula is C12H6Br2ClN3O2S.